The molecule has 0 heterocycles. The van der Waals surface area contributed by atoms with Gasteiger partial charge in [0.15, 0.2) is 0 Å². The molecular formula is C6H15N3O6. The Kier molecular flexibility index (Phi) is 11.4. The number of primary amides is 1. The molecular weight excluding hydrogens is 210 g/mol. The molecule has 0 atom stereocenters. The summed E-state index contributed by atoms with van der Waals surface area (Å²) in [6.45, 7) is -2.70. The van der Waals surface area contributed by atoms with Gasteiger partial charge in [0.1, 0.15) is 26.9 Å². The minimum Gasteiger partial charge on any atom is -0.376 e. The van der Waals surface area contributed by atoms with Crippen LogP contribution in [0.4, 0.5) is 4.79 Å². The minimum absolute atomic E-state index is 0.250. The maximum absolute atomic E-state index is 11.0. The van der Waals surface area contributed by atoms with E-state index in [1.54, 1.807) is 0 Å². The second-order valence-corrected chi connectivity index (χ2v) is 2.06. The fraction of sp³-hybridized carbons (Fsp3) is 0.667. The number of carbonyl (C=O) groups excluding carboxylic acids is 2. The number of aliphatic hydroxyl groups excluding tert-OH is 4. The molecule has 9 nitrogen and oxygen atoms in total. The number of aliphatic hydroxyl groups is 4. The van der Waals surface area contributed by atoms with Gasteiger partial charge in [-0.3, -0.25) is 14.6 Å². The highest BCUT2D eigenvalue weighted by Gasteiger charge is 2.17. The van der Waals surface area contributed by atoms with E-state index in [4.69, 9.17) is 25.2 Å². The smallest absolute Gasteiger partial charge is 0.327 e. The van der Waals surface area contributed by atoms with Gasteiger partial charge in [-0.05, 0) is 0 Å². The van der Waals surface area contributed by atoms with Crippen molar-refractivity contribution in [2.24, 2.45) is 5.73 Å². The van der Waals surface area contributed by atoms with Gasteiger partial charge in [0, 0.05) is 0 Å². The lowest BCUT2D eigenvalue weighted by molar-refractivity contribution is -0.106. The predicted octanol–water partition coefficient (Wildman–Crippen LogP) is -3.39. The molecule has 90 valence electrons. The summed E-state index contributed by atoms with van der Waals surface area (Å²) in [6, 6.07) is -0.843. The van der Waals surface area contributed by atoms with Crippen LogP contribution in [0.15, 0.2) is 0 Å². The monoisotopic (exact) mass is 225 g/mol. The van der Waals surface area contributed by atoms with Crippen LogP contribution in [0.1, 0.15) is 0 Å². The number of hydrogen-bond donors (Lipinski definition) is 5. The average molecular weight is 225 g/mol. The zero-order valence-corrected chi connectivity index (χ0v) is 7.98. The van der Waals surface area contributed by atoms with E-state index in [1.807, 2.05) is 0 Å². The second kappa shape index (κ2) is 10.7. The van der Waals surface area contributed by atoms with E-state index in [-0.39, 0.29) is 6.41 Å². The van der Waals surface area contributed by atoms with Gasteiger partial charge in [0.05, 0.1) is 0 Å². The van der Waals surface area contributed by atoms with Crippen LogP contribution in [-0.2, 0) is 4.79 Å². The SMILES string of the molecule is NC=O.O=C(N(CO)CO)N(CO)CO. The maximum Gasteiger partial charge on any atom is 0.327 e. The van der Waals surface area contributed by atoms with E-state index < -0.39 is 33.0 Å². The number of urea groups is 1. The molecule has 9 heteroatoms. The number of nitrogens with two attached hydrogens (primary N) is 1. The van der Waals surface area contributed by atoms with Gasteiger partial charge in [-0.2, -0.15) is 0 Å². The Hall–Kier alpha value is -1.42. The van der Waals surface area contributed by atoms with Crippen LogP contribution in [0, 0.1) is 0 Å². The molecule has 0 aromatic carbocycles. The summed E-state index contributed by atoms with van der Waals surface area (Å²) in [7, 11) is 0. The number of nitrogens with zero attached hydrogens (tertiary/aromatic N) is 2. The molecule has 0 saturated carbocycles. The number of rotatable bonds is 4. The summed E-state index contributed by atoms with van der Waals surface area (Å²) in [5.74, 6) is 0. The van der Waals surface area contributed by atoms with Gasteiger partial charge in [-0.15, -0.1) is 0 Å². The van der Waals surface area contributed by atoms with Gasteiger partial charge >= 0.3 is 6.03 Å². The average Bonchev–Trinajstić information content (AvgIpc) is 2.22. The maximum atomic E-state index is 11.0. The fourth-order valence-corrected chi connectivity index (χ4v) is 0.531. The quantitative estimate of drug-likeness (QED) is 0.249. The first-order valence-corrected chi connectivity index (χ1v) is 3.75. The van der Waals surface area contributed by atoms with E-state index >= 15 is 0 Å². The molecule has 0 aliphatic carbocycles. The second-order valence-electron chi connectivity index (χ2n) is 2.06. The summed E-state index contributed by atoms with van der Waals surface area (Å²) >= 11 is 0. The Morgan fingerprint density at radius 1 is 1.00 bits per heavy atom. The van der Waals surface area contributed by atoms with Gasteiger partial charge in [-0.1, -0.05) is 0 Å². The zero-order valence-electron chi connectivity index (χ0n) is 7.98. The van der Waals surface area contributed by atoms with Crippen molar-refractivity contribution in [3.8, 4) is 0 Å². The van der Waals surface area contributed by atoms with E-state index in [2.05, 4.69) is 5.73 Å². The highest BCUT2D eigenvalue weighted by atomic mass is 16.3. The molecule has 0 unspecified atom stereocenters. The Morgan fingerprint density at radius 2 is 1.20 bits per heavy atom. The number of hydrogen-bond acceptors (Lipinski definition) is 6. The van der Waals surface area contributed by atoms with Crippen LogP contribution in [0.25, 0.3) is 0 Å². The Labute approximate surface area is 85.9 Å². The third-order valence-electron chi connectivity index (χ3n) is 1.22. The summed E-state index contributed by atoms with van der Waals surface area (Å²) in [5, 5.41) is 34.0. The summed E-state index contributed by atoms with van der Waals surface area (Å²) in [4.78, 5) is 20.8. The first-order valence-electron chi connectivity index (χ1n) is 3.75. The molecule has 0 aliphatic heterocycles. The molecule has 0 saturated heterocycles. The lowest BCUT2D eigenvalue weighted by atomic mass is 10.7. The molecule has 0 rings (SSSR count). The number of carbonyl (C=O) groups is 2. The molecule has 15 heavy (non-hydrogen) atoms. The zero-order chi connectivity index (χ0) is 12.3. The van der Waals surface area contributed by atoms with Gasteiger partial charge in [-0.25, -0.2) is 4.79 Å². The highest BCUT2D eigenvalue weighted by molar-refractivity contribution is 5.73. The van der Waals surface area contributed by atoms with Crippen molar-refractivity contribution >= 4 is 12.4 Å². The van der Waals surface area contributed by atoms with Crippen LogP contribution in [0.5, 0.6) is 0 Å². The Morgan fingerprint density at radius 3 is 1.33 bits per heavy atom. The molecule has 0 bridgehead atoms. The van der Waals surface area contributed by atoms with Crippen LogP contribution < -0.4 is 5.73 Å². The van der Waals surface area contributed by atoms with Crippen LogP contribution >= 0.6 is 0 Å². The first kappa shape index (κ1) is 16.0. The minimum atomic E-state index is -0.843. The molecule has 3 amide bonds. The van der Waals surface area contributed by atoms with Crippen molar-refractivity contribution in [2.75, 3.05) is 26.9 Å². The van der Waals surface area contributed by atoms with E-state index in [1.165, 1.54) is 0 Å². The van der Waals surface area contributed by atoms with E-state index in [0.29, 0.717) is 9.80 Å². The standard InChI is InChI=1S/C5H12N2O5.CH3NO/c8-1-6(2-9)5(12)7(3-10)4-11;2-1-3/h8-11H,1-4H2;1H,(H2,2,3). The summed E-state index contributed by atoms with van der Waals surface area (Å²) in [6.07, 6.45) is 0.250. The van der Waals surface area contributed by atoms with Gasteiger partial charge in [0.2, 0.25) is 6.41 Å². The fourth-order valence-electron chi connectivity index (χ4n) is 0.531. The van der Waals surface area contributed by atoms with E-state index in [9.17, 15) is 4.79 Å². The normalized spacial score (nSPS) is 8.53. The molecule has 0 aliphatic rings. The van der Waals surface area contributed by atoms with Crippen LogP contribution in [0.3, 0.4) is 0 Å². The van der Waals surface area contributed by atoms with Gasteiger partial charge in [0.25, 0.3) is 0 Å². The molecule has 0 radical (unpaired) electrons. The van der Waals surface area contributed by atoms with Crippen molar-refractivity contribution in [1.82, 2.24) is 9.80 Å². The third kappa shape index (κ3) is 6.62. The lowest BCUT2D eigenvalue weighted by Crippen LogP contribution is -2.44. The predicted molar refractivity (Wildman–Crippen MR) is 47.7 cm³/mol. The number of amides is 3. The molecule has 0 spiro atoms. The lowest BCUT2D eigenvalue weighted by Gasteiger charge is -2.24. The molecule has 0 aromatic rings. The van der Waals surface area contributed by atoms with Gasteiger partial charge < -0.3 is 26.2 Å². The van der Waals surface area contributed by atoms with Crippen LogP contribution in [-0.4, -0.2) is 69.6 Å². The summed E-state index contributed by atoms with van der Waals surface area (Å²) < 4.78 is 0. The van der Waals surface area contributed by atoms with Crippen molar-refractivity contribution in [1.29, 1.82) is 0 Å². The molecule has 6 N–H and O–H groups in total. The highest BCUT2D eigenvalue weighted by Crippen LogP contribution is 1.94. The van der Waals surface area contributed by atoms with Crippen molar-refractivity contribution in [3.05, 3.63) is 0 Å². The molecule has 0 aromatic heterocycles. The van der Waals surface area contributed by atoms with Crippen LogP contribution in [0.2, 0.25) is 0 Å². The third-order valence-corrected chi connectivity index (χ3v) is 1.22. The summed E-state index contributed by atoms with van der Waals surface area (Å²) in [5.41, 5.74) is 4.17. The van der Waals surface area contributed by atoms with Crippen molar-refractivity contribution in [2.45, 2.75) is 0 Å². The van der Waals surface area contributed by atoms with Crippen molar-refractivity contribution in [3.63, 3.8) is 0 Å². The van der Waals surface area contributed by atoms with E-state index in [0.717, 1.165) is 0 Å². The largest absolute Gasteiger partial charge is 0.376 e. The first-order chi connectivity index (χ1) is 7.12. The van der Waals surface area contributed by atoms with Crippen molar-refractivity contribution < 1.29 is 30.0 Å². The molecule has 0 fully saturated rings. The Balaban J connectivity index is 0. The topological polar surface area (TPSA) is 148 Å². The Bertz CT molecular complexity index is 156.